The average Bonchev–Trinajstić information content (AvgIpc) is 2.42. The van der Waals surface area contributed by atoms with Crippen molar-refractivity contribution in [1.29, 1.82) is 0 Å². The fourth-order valence-electron chi connectivity index (χ4n) is 1.53. The Morgan fingerprint density at radius 2 is 1.74 bits per heavy atom. The summed E-state index contributed by atoms with van der Waals surface area (Å²) < 4.78 is 6.52. The molecule has 1 atom stereocenters. The summed E-state index contributed by atoms with van der Waals surface area (Å²) in [6.45, 7) is 1.72. The van der Waals surface area contributed by atoms with E-state index in [1.165, 1.54) is 0 Å². The number of rotatable bonds is 4. The molecule has 0 aliphatic rings. The molecule has 2 aromatic carbocycles. The maximum atomic E-state index is 12.0. The Morgan fingerprint density at radius 1 is 1.11 bits per heavy atom. The van der Waals surface area contributed by atoms with E-state index in [0.717, 1.165) is 10.2 Å². The quantitative estimate of drug-likeness (QED) is 0.929. The van der Waals surface area contributed by atoms with Gasteiger partial charge in [0.05, 0.1) is 0 Å². The first-order chi connectivity index (χ1) is 9.15. The molecule has 98 valence electrons. The van der Waals surface area contributed by atoms with Crippen LogP contribution >= 0.6 is 15.9 Å². The molecule has 0 spiro atoms. The molecule has 0 saturated carbocycles. The molecule has 2 aromatic rings. The zero-order chi connectivity index (χ0) is 13.7. The van der Waals surface area contributed by atoms with Gasteiger partial charge in [-0.1, -0.05) is 34.1 Å². The van der Waals surface area contributed by atoms with Crippen molar-refractivity contribution < 1.29 is 9.53 Å². The lowest BCUT2D eigenvalue weighted by Crippen LogP contribution is -2.30. The molecule has 0 bridgehead atoms. The Morgan fingerprint density at radius 3 is 2.37 bits per heavy atom. The Hall–Kier alpha value is -1.81. The molecule has 0 fully saturated rings. The van der Waals surface area contributed by atoms with E-state index in [1.54, 1.807) is 6.92 Å². The molecule has 4 heteroatoms. The Kier molecular flexibility index (Phi) is 4.58. The second-order valence-corrected chi connectivity index (χ2v) is 4.98. The first-order valence-electron chi connectivity index (χ1n) is 5.93. The highest BCUT2D eigenvalue weighted by Gasteiger charge is 2.14. The highest BCUT2D eigenvalue weighted by Crippen LogP contribution is 2.15. The average molecular weight is 320 g/mol. The standard InChI is InChI=1S/C15H14BrNO2/c1-11(19-14-5-3-2-4-6-14)15(18)17-13-9-7-12(16)8-10-13/h2-11H,1H3,(H,17,18). The third-order valence-corrected chi connectivity index (χ3v) is 3.07. The molecule has 1 N–H and O–H groups in total. The number of benzene rings is 2. The molecule has 0 aliphatic carbocycles. The monoisotopic (exact) mass is 319 g/mol. The molecular weight excluding hydrogens is 306 g/mol. The maximum Gasteiger partial charge on any atom is 0.265 e. The number of hydrogen-bond acceptors (Lipinski definition) is 2. The van der Waals surface area contributed by atoms with Crippen LogP contribution in [-0.2, 0) is 4.79 Å². The lowest BCUT2D eigenvalue weighted by Gasteiger charge is -2.14. The van der Waals surface area contributed by atoms with Crippen molar-refractivity contribution >= 4 is 27.5 Å². The van der Waals surface area contributed by atoms with Gasteiger partial charge in [0.2, 0.25) is 0 Å². The number of halogens is 1. The van der Waals surface area contributed by atoms with E-state index in [0.29, 0.717) is 5.75 Å². The van der Waals surface area contributed by atoms with Crippen molar-refractivity contribution in [3.63, 3.8) is 0 Å². The van der Waals surface area contributed by atoms with Gasteiger partial charge < -0.3 is 10.1 Å². The topological polar surface area (TPSA) is 38.3 Å². The summed E-state index contributed by atoms with van der Waals surface area (Å²) in [5.41, 5.74) is 0.747. The van der Waals surface area contributed by atoms with Crippen molar-refractivity contribution in [2.75, 3.05) is 5.32 Å². The normalized spacial score (nSPS) is 11.7. The van der Waals surface area contributed by atoms with Crippen molar-refractivity contribution in [3.05, 3.63) is 59.1 Å². The van der Waals surface area contributed by atoms with Crippen molar-refractivity contribution in [2.24, 2.45) is 0 Å². The lowest BCUT2D eigenvalue weighted by atomic mass is 10.3. The van der Waals surface area contributed by atoms with E-state index < -0.39 is 6.10 Å². The molecule has 19 heavy (non-hydrogen) atoms. The molecule has 0 saturated heterocycles. The molecule has 1 amide bonds. The number of para-hydroxylation sites is 1. The van der Waals surface area contributed by atoms with Crippen LogP contribution in [0.5, 0.6) is 5.75 Å². The van der Waals surface area contributed by atoms with Crippen LogP contribution in [0.3, 0.4) is 0 Å². The second kappa shape index (κ2) is 6.38. The fourth-order valence-corrected chi connectivity index (χ4v) is 1.80. The molecule has 0 radical (unpaired) electrons. The fraction of sp³-hybridized carbons (Fsp3) is 0.133. The van der Waals surface area contributed by atoms with Gasteiger partial charge in [-0.25, -0.2) is 0 Å². The number of anilines is 1. The van der Waals surface area contributed by atoms with Gasteiger partial charge in [-0.05, 0) is 43.3 Å². The van der Waals surface area contributed by atoms with Crippen molar-refractivity contribution in [3.8, 4) is 5.75 Å². The van der Waals surface area contributed by atoms with Crippen LogP contribution in [0.4, 0.5) is 5.69 Å². The van der Waals surface area contributed by atoms with Gasteiger partial charge in [-0.15, -0.1) is 0 Å². The highest BCUT2D eigenvalue weighted by atomic mass is 79.9. The van der Waals surface area contributed by atoms with Gasteiger partial charge in [-0.3, -0.25) is 4.79 Å². The predicted octanol–water partition coefficient (Wildman–Crippen LogP) is 3.86. The molecule has 0 aromatic heterocycles. The summed E-state index contributed by atoms with van der Waals surface area (Å²) in [7, 11) is 0. The maximum absolute atomic E-state index is 12.0. The summed E-state index contributed by atoms with van der Waals surface area (Å²) in [5, 5.41) is 2.80. The number of hydrogen-bond donors (Lipinski definition) is 1. The van der Waals surface area contributed by atoms with Gasteiger partial charge in [-0.2, -0.15) is 0 Å². The molecule has 0 heterocycles. The largest absolute Gasteiger partial charge is 0.481 e. The Bertz CT molecular complexity index is 540. The van der Waals surface area contributed by atoms with Crippen LogP contribution in [0, 0.1) is 0 Å². The van der Waals surface area contributed by atoms with E-state index in [9.17, 15) is 4.79 Å². The van der Waals surface area contributed by atoms with E-state index in [1.807, 2.05) is 54.6 Å². The molecule has 3 nitrogen and oxygen atoms in total. The number of carbonyl (C=O) groups excluding carboxylic acids is 1. The van der Waals surface area contributed by atoms with Crippen LogP contribution in [0.15, 0.2) is 59.1 Å². The van der Waals surface area contributed by atoms with Crippen LogP contribution in [0.1, 0.15) is 6.92 Å². The third kappa shape index (κ3) is 4.10. The first kappa shape index (κ1) is 13.6. The summed E-state index contributed by atoms with van der Waals surface area (Å²) in [4.78, 5) is 12.0. The molecule has 1 unspecified atom stereocenters. The lowest BCUT2D eigenvalue weighted by molar-refractivity contribution is -0.122. The zero-order valence-electron chi connectivity index (χ0n) is 10.5. The van der Waals surface area contributed by atoms with Gasteiger partial charge in [0.1, 0.15) is 5.75 Å². The molecular formula is C15H14BrNO2. The van der Waals surface area contributed by atoms with E-state index in [2.05, 4.69) is 21.2 Å². The van der Waals surface area contributed by atoms with Crippen LogP contribution < -0.4 is 10.1 Å². The summed E-state index contributed by atoms with van der Waals surface area (Å²) in [5.74, 6) is 0.507. The Labute approximate surface area is 120 Å². The van der Waals surface area contributed by atoms with Crippen LogP contribution in [-0.4, -0.2) is 12.0 Å². The minimum absolute atomic E-state index is 0.175. The summed E-state index contributed by atoms with van der Waals surface area (Å²) >= 11 is 3.35. The van der Waals surface area contributed by atoms with Crippen molar-refractivity contribution in [2.45, 2.75) is 13.0 Å². The highest BCUT2D eigenvalue weighted by molar-refractivity contribution is 9.10. The van der Waals surface area contributed by atoms with Gasteiger partial charge in [0.25, 0.3) is 5.91 Å². The smallest absolute Gasteiger partial charge is 0.265 e. The first-order valence-corrected chi connectivity index (χ1v) is 6.72. The van der Waals surface area contributed by atoms with Crippen LogP contribution in [0.2, 0.25) is 0 Å². The SMILES string of the molecule is CC(Oc1ccccc1)C(=O)Nc1ccc(Br)cc1. The van der Waals surface area contributed by atoms with E-state index in [4.69, 9.17) is 4.74 Å². The molecule has 2 rings (SSSR count). The minimum Gasteiger partial charge on any atom is -0.481 e. The van der Waals surface area contributed by atoms with Gasteiger partial charge in [0.15, 0.2) is 6.10 Å². The molecule has 0 aliphatic heterocycles. The summed E-state index contributed by atoms with van der Waals surface area (Å²) in [6, 6.07) is 16.7. The number of carbonyl (C=O) groups is 1. The Balaban J connectivity index is 1.94. The summed E-state index contributed by atoms with van der Waals surface area (Å²) in [6.07, 6.45) is -0.550. The van der Waals surface area contributed by atoms with Crippen molar-refractivity contribution in [1.82, 2.24) is 0 Å². The number of ether oxygens (including phenoxy) is 1. The number of nitrogens with one attached hydrogen (secondary N) is 1. The minimum atomic E-state index is -0.550. The second-order valence-electron chi connectivity index (χ2n) is 4.07. The zero-order valence-corrected chi connectivity index (χ0v) is 12.1. The number of amides is 1. The van der Waals surface area contributed by atoms with E-state index in [-0.39, 0.29) is 5.91 Å². The van der Waals surface area contributed by atoms with Gasteiger partial charge in [0, 0.05) is 10.2 Å². The van der Waals surface area contributed by atoms with Crippen LogP contribution in [0.25, 0.3) is 0 Å². The predicted molar refractivity (Wildman–Crippen MR) is 79.3 cm³/mol. The van der Waals surface area contributed by atoms with Gasteiger partial charge >= 0.3 is 0 Å². The van der Waals surface area contributed by atoms with E-state index >= 15 is 0 Å². The third-order valence-electron chi connectivity index (χ3n) is 2.54.